The van der Waals surface area contributed by atoms with Crippen molar-refractivity contribution in [3.63, 3.8) is 0 Å². The lowest BCUT2D eigenvalue weighted by atomic mass is 9.89. The summed E-state index contributed by atoms with van der Waals surface area (Å²) in [6, 6.07) is 4.40. The first-order chi connectivity index (χ1) is 8.56. The molecule has 0 aliphatic heterocycles. The molecule has 0 amide bonds. The predicted octanol–water partition coefficient (Wildman–Crippen LogP) is 2.58. The zero-order valence-electron chi connectivity index (χ0n) is 10.9. The van der Waals surface area contributed by atoms with Gasteiger partial charge in [0.2, 0.25) is 0 Å². The monoisotopic (exact) mass is 240 g/mol. The van der Waals surface area contributed by atoms with Gasteiger partial charge in [-0.25, -0.2) is 9.50 Å². The molecular weight excluding hydrogens is 224 g/mol. The van der Waals surface area contributed by atoms with E-state index in [2.05, 4.69) is 36.9 Å². The van der Waals surface area contributed by atoms with Crippen molar-refractivity contribution >= 4 is 5.65 Å². The third kappa shape index (κ3) is 1.37. The molecule has 1 aliphatic rings. The minimum absolute atomic E-state index is 0.0199. The van der Waals surface area contributed by atoms with E-state index in [-0.39, 0.29) is 11.3 Å². The fraction of sp³-hybridized carbons (Fsp3) is 0.500. The molecule has 4 heteroatoms. The molecule has 0 fully saturated rings. The van der Waals surface area contributed by atoms with E-state index in [9.17, 15) is 5.26 Å². The number of aromatic nitrogens is 3. The van der Waals surface area contributed by atoms with Gasteiger partial charge in [0.15, 0.2) is 5.65 Å². The Morgan fingerprint density at radius 1 is 1.56 bits per heavy atom. The van der Waals surface area contributed by atoms with Crippen molar-refractivity contribution in [2.75, 3.05) is 0 Å². The fourth-order valence-corrected chi connectivity index (χ4v) is 2.93. The molecule has 0 radical (unpaired) electrons. The smallest absolute Gasteiger partial charge is 0.155 e. The first kappa shape index (κ1) is 11.2. The molecular formula is C14H16N4. The lowest BCUT2D eigenvalue weighted by Crippen LogP contribution is -2.17. The molecule has 2 aromatic rings. The number of hydrogen-bond donors (Lipinski definition) is 0. The van der Waals surface area contributed by atoms with Gasteiger partial charge in [-0.1, -0.05) is 20.8 Å². The Labute approximate surface area is 106 Å². The zero-order chi connectivity index (χ0) is 12.9. The van der Waals surface area contributed by atoms with E-state index >= 15 is 0 Å². The van der Waals surface area contributed by atoms with Crippen LogP contribution < -0.4 is 0 Å². The van der Waals surface area contributed by atoms with E-state index in [4.69, 9.17) is 0 Å². The number of fused-ring (bicyclic) bond motifs is 3. The minimum atomic E-state index is -0.0545. The van der Waals surface area contributed by atoms with Crippen LogP contribution in [-0.4, -0.2) is 14.6 Å². The Morgan fingerprint density at radius 2 is 2.33 bits per heavy atom. The molecule has 1 aliphatic carbocycles. The number of nitriles is 1. The van der Waals surface area contributed by atoms with Crippen LogP contribution in [0.5, 0.6) is 0 Å². The van der Waals surface area contributed by atoms with Crippen molar-refractivity contribution < 1.29 is 0 Å². The van der Waals surface area contributed by atoms with Crippen molar-refractivity contribution in [3.8, 4) is 6.07 Å². The third-order valence-corrected chi connectivity index (χ3v) is 3.81. The van der Waals surface area contributed by atoms with Crippen LogP contribution in [-0.2, 0) is 11.8 Å². The highest BCUT2D eigenvalue weighted by molar-refractivity contribution is 5.48. The average molecular weight is 240 g/mol. The normalized spacial score (nSPS) is 20.9. The number of hydrogen-bond acceptors (Lipinski definition) is 3. The van der Waals surface area contributed by atoms with E-state index < -0.39 is 0 Å². The maximum absolute atomic E-state index is 9.26. The summed E-state index contributed by atoms with van der Waals surface area (Å²) < 4.78 is 1.94. The summed E-state index contributed by atoms with van der Waals surface area (Å²) in [5, 5.41) is 13.9. The predicted molar refractivity (Wildman–Crippen MR) is 68.4 cm³/mol. The quantitative estimate of drug-likeness (QED) is 0.769. The van der Waals surface area contributed by atoms with Crippen LogP contribution in [0.2, 0.25) is 0 Å². The first-order valence-electron chi connectivity index (χ1n) is 6.34. The summed E-state index contributed by atoms with van der Waals surface area (Å²) in [4.78, 5) is 4.43. The van der Waals surface area contributed by atoms with Crippen molar-refractivity contribution in [2.45, 2.75) is 44.9 Å². The average Bonchev–Trinajstić information content (AvgIpc) is 2.87. The molecule has 18 heavy (non-hydrogen) atoms. The third-order valence-electron chi connectivity index (χ3n) is 3.81. The zero-order valence-corrected chi connectivity index (χ0v) is 10.9. The minimum Gasteiger partial charge on any atom is -0.237 e. The fourth-order valence-electron chi connectivity index (χ4n) is 2.93. The second-order valence-corrected chi connectivity index (χ2v) is 5.59. The van der Waals surface area contributed by atoms with Crippen LogP contribution in [0.4, 0.5) is 0 Å². The van der Waals surface area contributed by atoms with Gasteiger partial charge in [-0.3, -0.25) is 0 Å². The molecule has 92 valence electrons. The highest BCUT2D eigenvalue weighted by Crippen LogP contribution is 2.44. The van der Waals surface area contributed by atoms with Crippen LogP contribution in [0.15, 0.2) is 12.3 Å². The first-order valence-corrected chi connectivity index (χ1v) is 6.34. The van der Waals surface area contributed by atoms with E-state index in [0.717, 1.165) is 35.4 Å². The summed E-state index contributed by atoms with van der Waals surface area (Å²) in [6.07, 6.45) is 3.61. The van der Waals surface area contributed by atoms with Crippen molar-refractivity contribution in [1.82, 2.24) is 14.6 Å². The molecule has 1 unspecified atom stereocenters. The molecule has 0 spiro atoms. The van der Waals surface area contributed by atoms with Crippen LogP contribution in [0.3, 0.4) is 0 Å². The standard InChI is InChI=1S/C14H16N4/c1-4-10-5-12-16-8-11-9(7-15)6-14(2,3)13(11)18(12)17-10/h5,8-9H,4,6H2,1-3H3. The number of rotatable bonds is 1. The maximum Gasteiger partial charge on any atom is 0.155 e. The maximum atomic E-state index is 9.26. The summed E-state index contributed by atoms with van der Waals surface area (Å²) >= 11 is 0. The molecule has 2 heterocycles. The van der Waals surface area contributed by atoms with Crippen molar-refractivity contribution in [1.29, 1.82) is 5.26 Å². The van der Waals surface area contributed by atoms with Crippen LogP contribution in [0, 0.1) is 11.3 Å². The van der Waals surface area contributed by atoms with Crippen molar-refractivity contribution in [3.05, 3.63) is 29.2 Å². The largest absolute Gasteiger partial charge is 0.237 e. The number of aryl methyl sites for hydroxylation is 1. The van der Waals surface area contributed by atoms with Gasteiger partial charge < -0.3 is 0 Å². The Hall–Kier alpha value is -1.89. The molecule has 0 saturated carbocycles. The van der Waals surface area contributed by atoms with E-state index in [0.29, 0.717) is 0 Å². The molecule has 0 N–H and O–H groups in total. The van der Waals surface area contributed by atoms with Gasteiger partial charge in [0.25, 0.3) is 0 Å². The molecule has 3 rings (SSSR count). The van der Waals surface area contributed by atoms with Gasteiger partial charge in [0.1, 0.15) is 0 Å². The summed E-state index contributed by atoms with van der Waals surface area (Å²) in [7, 11) is 0. The Balaban J connectivity index is 2.34. The Kier molecular flexibility index (Phi) is 2.21. The summed E-state index contributed by atoms with van der Waals surface area (Å²) in [6.45, 7) is 6.44. The van der Waals surface area contributed by atoms with Crippen molar-refractivity contribution in [2.24, 2.45) is 0 Å². The number of nitrogens with zero attached hydrogens (tertiary/aromatic N) is 4. The SMILES string of the molecule is CCc1cc2ncc3c(n2n1)C(C)(C)CC3C#N. The molecule has 0 bridgehead atoms. The lowest BCUT2D eigenvalue weighted by molar-refractivity contribution is 0.484. The van der Waals surface area contributed by atoms with Crippen LogP contribution in [0.25, 0.3) is 5.65 Å². The second-order valence-electron chi connectivity index (χ2n) is 5.59. The van der Waals surface area contributed by atoms with Gasteiger partial charge >= 0.3 is 0 Å². The van der Waals surface area contributed by atoms with E-state index in [1.54, 1.807) is 0 Å². The molecule has 0 aromatic carbocycles. The van der Waals surface area contributed by atoms with Gasteiger partial charge in [-0.05, 0) is 12.8 Å². The highest BCUT2D eigenvalue weighted by Gasteiger charge is 2.40. The van der Waals surface area contributed by atoms with Crippen LogP contribution in [0.1, 0.15) is 50.1 Å². The van der Waals surface area contributed by atoms with Gasteiger partial charge in [-0.15, -0.1) is 0 Å². The highest BCUT2D eigenvalue weighted by atomic mass is 15.3. The molecule has 1 atom stereocenters. The van der Waals surface area contributed by atoms with Gasteiger partial charge in [-0.2, -0.15) is 10.4 Å². The Morgan fingerprint density at radius 3 is 3.00 bits per heavy atom. The van der Waals surface area contributed by atoms with E-state index in [1.807, 2.05) is 16.8 Å². The van der Waals surface area contributed by atoms with Gasteiger partial charge in [0, 0.05) is 23.2 Å². The second kappa shape index (κ2) is 3.55. The molecule has 2 aromatic heterocycles. The van der Waals surface area contributed by atoms with Gasteiger partial charge in [0.05, 0.1) is 23.4 Å². The molecule has 4 nitrogen and oxygen atoms in total. The molecule has 0 saturated heterocycles. The topological polar surface area (TPSA) is 54.0 Å². The Bertz CT molecular complexity index is 660. The van der Waals surface area contributed by atoms with Crippen LogP contribution >= 0.6 is 0 Å². The summed E-state index contributed by atoms with van der Waals surface area (Å²) in [5.41, 5.74) is 4.11. The van der Waals surface area contributed by atoms with E-state index in [1.165, 1.54) is 0 Å². The summed E-state index contributed by atoms with van der Waals surface area (Å²) in [5.74, 6) is -0.0545. The lowest BCUT2D eigenvalue weighted by Gasteiger charge is -2.19.